The summed E-state index contributed by atoms with van der Waals surface area (Å²) >= 11 is 0. The van der Waals surface area contributed by atoms with Gasteiger partial charge in [-0.1, -0.05) is 30.3 Å². The highest BCUT2D eigenvalue weighted by atomic mass is 16.5. The molecule has 122 valence electrons. The molecule has 0 saturated carbocycles. The highest BCUT2D eigenvalue weighted by molar-refractivity contribution is 6.06. The normalized spacial score (nSPS) is 10.4. The Kier molecular flexibility index (Phi) is 4.61. The van der Waals surface area contributed by atoms with E-state index in [-0.39, 0.29) is 6.61 Å². The highest BCUT2D eigenvalue weighted by Crippen LogP contribution is 2.32. The van der Waals surface area contributed by atoms with Crippen molar-refractivity contribution >= 4 is 28.2 Å². The molecular formula is C19H19N3O2. The standard InChI is InChI=1S/C19H19N3O2/c1-13-10-17(15-8-9-21-11-16(15)18(13)20-2)22-19(23)24-12-14-6-4-3-5-7-14/h3-11,20H,12H2,1-2H3,(H,22,23). The van der Waals surface area contributed by atoms with E-state index in [1.165, 1.54) is 0 Å². The minimum Gasteiger partial charge on any atom is -0.444 e. The lowest BCUT2D eigenvalue weighted by molar-refractivity contribution is 0.155. The van der Waals surface area contributed by atoms with Crippen LogP contribution >= 0.6 is 0 Å². The van der Waals surface area contributed by atoms with Gasteiger partial charge in [-0.15, -0.1) is 0 Å². The van der Waals surface area contributed by atoms with Crippen molar-refractivity contribution in [2.75, 3.05) is 17.7 Å². The molecule has 5 nitrogen and oxygen atoms in total. The zero-order valence-corrected chi connectivity index (χ0v) is 13.7. The third kappa shape index (κ3) is 3.30. The van der Waals surface area contributed by atoms with Gasteiger partial charge in [-0.2, -0.15) is 0 Å². The number of benzene rings is 2. The smallest absolute Gasteiger partial charge is 0.411 e. The van der Waals surface area contributed by atoms with E-state index >= 15 is 0 Å². The van der Waals surface area contributed by atoms with Crippen molar-refractivity contribution < 1.29 is 9.53 Å². The predicted octanol–water partition coefficient (Wildman–Crippen LogP) is 4.33. The second-order valence-electron chi connectivity index (χ2n) is 5.47. The average Bonchev–Trinajstić information content (AvgIpc) is 2.61. The van der Waals surface area contributed by atoms with E-state index in [0.717, 1.165) is 27.6 Å². The van der Waals surface area contributed by atoms with Crippen LogP contribution in [-0.4, -0.2) is 18.1 Å². The number of hydrogen-bond acceptors (Lipinski definition) is 4. The first kappa shape index (κ1) is 15.8. The molecule has 1 heterocycles. The van der Waals surface area contributed by atoms with Crippen LogP contribution in [0.25, 0.3) is 10.8 Å². The highest BCUT2D eigenvalue weighted by Gasteiger charge is 2.12. The largest absolute Gasteiger partial charge is 0.444 e. The van der Waals surface area contributed by atoms with E-state index in [4.69, 9.17) is 4.74 Å². The molecule has 3 aromatic rings. The summed E-state index contributed by atoms with van der Waals surface area (Å²) in [6.07, 6.45) is 3.01. The lowest BCUT2D eigenvalue weighted by Crippen LogP contribution is -2.14. The fourth-order valence-electron chi connectivity index (χ4n) is 2.71. The molecule has 1 aromatic heterocycles. The lowest BCUT2D eigenvalue weighted by atomic mass is 10.0. The minimum absolute atomic E-state index is 0.236. The molecule has 0 radical (unpaired) electrons. The van der Waals surface area contributed by atoms with Crippen LogP contribution in [0.3, 0.4) is 0 Å². The molecule has 2 aromatic carbocycles. The molecule has 2 N–H and O–H groups in total. The number of hydrogen-bond donors (Lipinski definition) is 2. The maximum absolute atomic E-state index is 12.1. The van der Waals surface area contributed by atoms with Crippen LogP contribution in [0, 0.1) is 6.92 Å². The molecule has 0 bridgehead atoms. The van der Waals surface area contributed by atoms with Gasteiger partial charge in [0.05, 0.1) is 5.69 Å². The fraction of sp³-hybridized carbons (Fsp3) is 0.158. The number of amides is 1. The van der Waals surface area contributed by atoms with Gasteiger partial charge in [-0.3, -0.25) is 10.3 Å². The van der Waals surface area contributed by atoms with Gasteiger partial charge in [0.15, 0.2) is 0 Å². The Hall–Kier alpha value is -3.08. The van der Waals surface area contributed by atoms with Crippen molar-refractivity contribution in [1.82, 2.24) is 4.98 Å². The number of pyridine rings is 1. The van der Waals surface area contributed by atoms with Gasteiger partial charge in [0.25, 0.3) is 0 Å². The Balaban J connectivity index is 1.81. The van der Waals surface area contributed by atoms with Crippen LogP contribution in [0.15, 0.2) is 54.9 Å². The summed E-state index contributed by atoms with van der Waals surface area (Å²) in [6, 6.07) is 13.4. The van der Waals surface area contributed by atoms with Crippen LogP contribution < -0.4 is 10.6 Å². The summed E-state index contributed by atoms with van der Waals surface area (Å²) in [5.74, 6) is 0. The summed E-state index contributed by atoms with van der Waals surface area (Å²) in [6.45, 7) is 2.22. The van der Waals surface area contributed by atoms with Gasteiger partial charge in [-0.25, -0.2) is 4.79 Å². The Bertz CT molecular complexity index is 863. The molecule has 0 saturated heterocycles. The van der Waals surface area contributed by atoms with Crippen molar-refractivity contribution in [3.63, 3.8) is 0 Å². The Morgan fingerprint density at radius 2 is 1.96 bits per heavy atom. The molecule has 24 heavy (non-hydrogen) atoms. The molecule has 0 unspecified atom stereocenters. The van der Waals surface area contributed by atoms with Crippen LogP contribution in [0.2, 0.25) is 0 Å². The Morgan fingerprint density at radius 3 is 2.71 bits per heavy atom. The number of carbonyl (C=O) groups is 1. The fourth-order valence-corrected chi connectivity index (χ4v) is 2.71. The first-order valence-electron chi connectivity index (χ1n) is 7.72. The topological polar surface area (TPSA) is 63.2 Å². The van der Waals surface area contributed by atoms with E-state index in [9.17, 15) is 4.79 Å². The second-order valence-corrected chi connectivity index (χ2v) is 5.47. The summed E-state index contributed by atoms with van der Waals surface area (Å²) in [5.41, 5.74) is 3.68. The maximum Gasteiger partial charge on any atom is 0.411 e. The minimum atomic E-state index is -0.478. The van der Waals surface area contributed by atoms with Gasteiger partial charge in [0.1, 0.15) is 6.61 Å². The van der Waals surface area contributed by atoms with Crippen molar-refractivity contribution in [2.24, 2.45) is 0 Å². The number of anilines is 2. The number of aromatic nitrogens is 1. The molecule has 0 spiro atoms. The van der Waals surface area contributed by atoms with Gasteiger partial charge in [0.2, 0.25) is 0 Å². The van der Waals surface area contributed by atoms with Gasteiger partial charge in [-0.05, 0) is 30.2 Å². The van der Waals surface area contributed by atoms with Crippen molar-refractivity contribution in [3.05, 3.63) is 66.0 Å². The Morgan fingerprint density at radius 1 is 1.17 bits per heavy atom. The van der Waals surface area contributed by atoms with Gasteiger partial charge < -0.3 is 10.1 Å². The van der Waals surface area contributed by atoms with E-state index < -0.39 is 6.09 Å². The summed E-state index contributed by atoms with van der Waals surface area (Å²) in [5, 5.41) is 7.88. The third-order valence-corrected chi connectivity index (χ3v) is 3.84. The monoisotopic (exact) mass is 321 g/mol. The number of aryl methyl sites for hydroxylation is 1. The number of nitrogens with zero attached hydrogens (tertiary/aromatic N) is 1. The zero-order valence-electron chi connectivity index (χ0n) is 13.7. The van der Waals surface area contributed by atoms with Crippen LogP contribution in [0.5, 0.6) is 0 Å². The van der Waals surface area contributed by atoms with Crippen LogP contribution in [0.4, 0.5) is 16.2 Å². The molecule has 5 heteroatoms. The number of nitrogens with one attached hydrogen (secondary N) is 2. The summed E-state index contributed by atoms with van der Waals surface area (Å²) < 4.78 is 5.30. The maximum atomic E-state index is 12.1. The first-order valence-corrected chi connectivity index (χ1v) is 7.72. The van der Waals surface area contributed by atoms with Crippen LogP contribution in [-0.2, 0) is 11.3 Å². The lowest BCUT2D eigenvalue weighted by Gasteiger charge is -2.14. The van der Waals surface area contributed by atoms with Crippen molar-refractivity contribution in [2.45, 2.75) is 13.5 Å². The molecular weight excluding hydrogens is 302 g/mol. The van der Waals surface area contributed by atoms with Gasteiger partial charge in [0, 0.05) is 35.9 Å². The number of fused-ring (bicyclic) bond motifs is 1. The number of rotatable bonds is 4. The van der Waals surface area contributed by atoms with Gasteiger partial charge >= 0.3 is 6.09 Å². The van der Waals surface area contributed by atoms with Crippen LogP contribution in [0.1, 0.15) is 11.1 Å². The summed E-state index contributed by atoms with van der Waals surface area (Å²) in [4.78, 5) is 16.3. The average molecular weight is 321 g/mol. The number of ether oxygens (including phenoxy) is 1. The van der Waals surface area contributed by atoms with E-state index in [0.29, 0.717) is 5.69 Å². The molecule has 0 aliphatic rings. The molecule has 0 fully saturated rings. The summed E-state index contributed by atoms with van der Waals surface area (Å²) in [7, 11) is 1.87. The zero-order chi connectivity index (χ0) is 16.9. The van der Waals surface area contributed by atoms with Crippen molar-refractivity contribution in [1.29, 1.82) is 0 Å². The molecule has 3 rings (SSSR count). The molecule has 0 aliphatic carbocycles. The quantitative estimate of drug-likeness (QED) is 0.750. The molecule has 0 aliphatic heterocycles. The van der Waals surface area contributed by atoms with E-state index in [1.54, 1.807) is 12.4 Å². The predicted molar refractivity (Wildman–Crippen MR) is 96.3 cm³/mol. The van der Waals surface area contributed by atoms with E-state index in [2.05, 4.69) is 15.6 Å². The SMILES string of the molecule is CNc1c(C)cc(NC(=O)OCc2ccccc2)c2ccncc12. The number of carbonyl (C=O) groups excluding carboxylic acids is 1. The van der Waals surface area contributed by atoms with E-state index in [1.807, 2.05) is 56.4 Å². The second kappa shape index (κ2) is 7.00. The first-order chi connectivity index (χ1) is 11.7. The Labute approximate surface area is 140 Å². The third-order valence-electron chi connectivity index (χ3n) is 3.84. The molecule has 0 atom stereocenters. The van der Waals surface area contributed by atoms with Crippen molar-refractivity contribution in [3.8, 4) is 0 Å². The molecule has 1 amide bonds.